The van der Waals surface area contributed by atoms with Gasteiger partial charge in [-0.3, -0.25) is 14.5 Å². The number of hydrogen-bond donors (Lipinski definition) is 1. The Morgan fingerprint density at radius 2 is 2.04 bits per heavy atom. The van der Waals surface area contributed by atoms with Gasteiger partial charge in [0.2, 0.25) is 11.8 Å². The quantitative estimate of drug-likeness (QED) is 0.805. The maximum Gasteiger partial charge on any atom is 0.414 e. The zero-order chi connectivity index (χ0) is 19.4. The van der Waals surface area contributed by atoms with Gasteiger partial charge in [0.1, 0.15) is 6.61 Å². The highest BCUT2D eigenvalue weighted by atomic mass is 16.6. The third-order valence-corrected chi connectivity index (χ3v) is 5.15. The summed E-state index contributed by atoms with van der Waals surface area (Å²) < 4.78 is 4.98. The fraction of sp³-hybridized carbons (Fsp3) is 0.450. The molecular weight excluding hydrogens is 346 g/mol. The van der Waals surface area contributed by atoms with Crippen LogP contribution in [0, 0.1) is 5.92 Å². The Morgan fingerprint density at radius 3 is 2.67 bits per heavy atom. The molecule has 3 amide bonds. The normalized spacial score (nSPS) is 18.8. The van der Waals surface area contributed by atoms with Crippen LogP contribution in [-0.4, -0.2) is 49.0 Å². The van der Waals surface area contributed by atoms with E-state index in [1.165, 1.54) is 6.08 Å². The van der Waals surface area contributed by atoms with Crippen LogP contribution in [0.2, 0.25) is 0 Å². The molecule has 0 spiro atoms. The smallest absolute Gasteiger partial charge is 0.414 e. The number of nitrogens with zero attached hydrogens (tertiary/aromatic N) is 2. The molecule has 1 aromatic rings. The lowest BCUT2D eigenvalue weighted by molar-refractivity contribution is -0.132. The van der Waals surface area contributed by atoms with E-state index in [4.69, 9.17) is 4.74 Å². The lowest BCUT2D eigenvalue weighted by Gasteiger charge is -2.31. The average Bonchev–Trinajstić information content (AvgIpc) is 3.13. The minimum absolute atomic E-state index is 0.000752. The molecule has 2 aliphatic rings. The minimum Gasteiger partial charge on any atom is -0.447 e. The van der Waals surface area contributed by atoms with Gasteiger partial charge >= 0.3 is 6.09 Å². The number of cyclic esters (lactones) is 1. The first kappa shape index (κ1) is 18.9. The summed E-state index contributed by atoms with van der Waals surface area (Å²) in [6.45, 7) is 7.50. The molecule has 2 saturated heterocycles. The van der Waals surface area contributed by atoms with Crippen molar-refractivity contribution in [2.75, 3.05) is 31.1 Å². The molecule has 144 valence electrons. The summed E-state index contributed by atoms with van der Waals surface area (Å²) in [7, 11) is 0. The maximum atomic E-state index is 12.6. The molecule has 2 fully saturated rings. The van der Waals surface area contributed by atoms with Gasteiger partial charge in [-0.2, -0.15) is 0 Å². The summed E-state index contributed by atoms with van der Waals surface area (Å²) in [6, 6.07) is 7.39. The molecule has 7 nitrogen and oxygen atoms in total. The van der Waals surface area contributed by atoms with Crippen LogP contribution in [0.3, 0.4) is 0 Å². The summed E-state index contributed by atoms with van der Waals surface area (Å²) >= 11 is 0. The summed E-state index contributed by atoms with van der Waals surface area (Å²) in [4.78, 5) is 39.3. The van der Waals surface area contributed by atoms with Crippen LogP contribution in [0.5, 0.6) is 0 Å². The highest BCUT2D eigenvalue weighted by Gasteiger charge is 2.28. The molecule has 2 aliphatic heterocycles. The predicted octanol–water partition coefficient (Wildman–Crippen LogP) is 2.25. The number of likely N-dealkylation sites (tertiary alicyclic amines) is 1. The topological polar surface area (TPSA) is 79.0 Å². The van der Waals surface area contributed by atoms with Crippen LogP contribution in [0.15, 0.2) is 36.9 Å². The molecule has 1 unspecified atom stereocenters. The number of amides is 3. The Balaban J connectivity index is 1.58. The monoisotopic (exact) mass is 371 g/mol. The van der Waals surface area contributed by atoms with E-state index in [9.17, 15) is 14.4 Å². The third-order valence-electron chi connectivity index (χ3n) is 5.15. The number of carbonyl (C=O) groups excluding carboxylic acids is 3. The number of nitrogens with one attached hydrogen (secondary N) is 1. The number of anilines is 1. The second-order valence-electron chi connectivity index (χ2n) is 6.89. The van der Waals surface area contributed by atoms with E-state index in [0.717, 1.165) is 11.3 Å². The van der Waals surface area contributed by atoms with E-state index in [2.05, 4.69) is 11.9 Å². The van der Waals surface area contributed by atoms with Gasteiger partial charge in [0.25, 0.3) is 0 Å². The van der Waals surface area contributed by atoms with Crippen molar-refractivity contribution in [2.24, 2.45) is 5.92 Å². The number of benzene rings is 1. The predicted molar refractivity (Wildman–Crippen MR) is 101 cm³/mol. The zero-order valence-corrected chi connectivity index (χ0v) is 15.5. The van der Waals surface area contributed by atoms with E-state index in [-0.39, 0.29) is 29.9 Å². The Labute approximate surface area is 159 Å². The van der Waals surface area contributed by atoms with Crippen molar-refractivity contribution < 1.29 is 19.1 Å². The van der Waals surface area contributed by atoms with Crippen LogP contribution in [-0.2, 0) is 14.3 Å². The van der Waals surface area contributed by atoms with E-state index >= 15 is 0 Å². The van der Waals surface area contributed by atoms with Gasteiger partial charge in [0.05, 0.1) is 12.6 Å². The zero-order valence-electron chi connectivity index (χ0n) is 15.5. The molecule has 2 heterocycles. The molecule has 0 bridgehead atoms. The summed E-state index contributed by atoms with van der Waals surface area (Å²) in [5.41, 5.74) is 1.70. The van der Waals surface area contributed by atoms with Crippen molar-refractivity contribution in [2.45, 2.75) is 25.8 Å². The Hall–Kier alpha value is -2.83. The van der Waals surface area contributed by atoms with Gasteiger partial charge in [-0.25, -0.2) is 4.79 Å². The van der Waals surface area contributed by atoms with E-state index in [1.54, 1.807) is 9.80 Å². The van der Waals surface area contributed by atoms with Crippen LogP contribution in [0.25, 0.3) is 0 Å². The van der Waals surface area contributed by atoms with Gasteiger partial charge in [-0.1, -0.05) is 18.7 Å². The Bertz CT molecular complexity index is 740. The molecule has 0 aliphatic carbocycles. The molecule has 7 heteroatoms. The lowest BCUT2D eigenvalue weighted by atomic mass is 9.95. The van der Waals surface area contributed by atoms with Gasteiger partial charge in [0.15, 0.2) is 0 Å². The van der Waals surface area contributed by atoms with Crippen LogP contribution >= 0.6 is 0 Å². The largest absolute Gasteiger partial charge is 0.447 e. The van der Waals surface area contributed by atoms with Crippen LogP contribution in [0.4, 0.5) is 10.5 Å². The first-order chi connectivity index (χ1) is 13.0. The highest BCUT2D eigenvalue weighted by Crippen LogP contribution is 2.24. The third kappa shape index (κ3) is 4.30. The van der Waals surface area contributed by atoms with Gasteiger partial charge in [-0.05, 0) is 43.5 Å². The summed E-state index contributed by atoms with van der Waals surface area (Å²) in [6.07, 6.45) is 2.27. The molecule has 27 heavy (non-hydrogen) atoms. The van der Waals surface area contributed by atoms with Gasteiger partial charge in [-0.15, -0.1) is 0 Å². The summed E-state index contributed by atoms with van der Waals surface area (Å²) in [5, 5.41) is 3.06. The van der Waals surface area contributed by atoms with Crippen molar-refractivity contribution in [3.63, 3.8) is 0 Å². The second-order valence-corrected chi connectivity index (χ2v) is 6.89. The van der Waals surface area contributed by atoms with Crippen LogP contribution < -0.4 is 10.2 Å². The number of rotatable bonds is 5. The van der Waals surface area contributed by atoms with Crippen molar-refractivity contribution in [1.82, 2.24) is 10.2 Å². The van der Waals surface area contributed by atoms with Crippen LogP contribution in [0.1, 0.15) is 31.4 Å². The number of piperidine rings is 1. The standard InChI is InChI=1S/C20H25N3O4/c1-3-18(24)22-9-7-15(8-10-22)19(25)21-14(2)16-5-4-6-17(13-16)23-11-12-27-20(23)26/h3-6,13-15H,1,7-12H2,2H3,(H,21,25). The van der Waals surface area contributed by atoms with Crippen molar-refractivity contribution in [3.05, 3.63) is 42.5 Å². The Kier molecular flexibility index (Phi) is 5.78. The molecule has 0 radical (unpaired) electrons. The number of carbonyl (C=O) groups is 3. The van der Waals surface area contributed by atoms with Crippen molar-refractivity contribution in [1.29, 1.82) is 0 Å². The highest BCUT2D eigenvalue weighted by molar-refractivity contribution is 5.89. The fourth-order valence-electron chi connectivity index (χ4n) is 3.50. The molecule has 1 N–H and O–H groups in total. The van der Waals surface area contributed by atoms with Crippen molar-refractivity contribution in [3.8, 4) is 0 Å². The molecule has 1 aromatic carbocycles. The SMILES string of the molecule is C=CC(=O)N1CCC(C(=O)NC(C)c2cccc(N3CCOC3=O)c2)CC1. The number of ether oxygens (including phenoxy) is 1. The first-order valence-electron chi connectivity index (χ1n) is 9.25. The lowest BCUT2D eigenvalue weighted by Crippen LogP contribution is -2.43. The van der Waals surface area contributed by atoms with Crippen molar-refractivity contribution >= 4 is 23.6 Å². The van der Waals surface area contributed by atoms with Gasteiger partial charge < -0.3 is 15.0 Å². The maximum absolute atomic E-state index is 12.6. The molecular formula is C20H25N3O4. The van der Waals surface area contributed by atoms with E-state index in [0.29, 0.717) is 39.1 Å². The molecule has 0 saturated carbocycles. The minimum atomic E-state index is -0.343. The Morgan fingerprint density at radius 1 is 1.30 bits per heavy atom. The van der Waals surface area contributed by atoms with E-state index < -0.39 is 0 Å². The number of hydrogen-bond acceptors (Lipinski definition) is 4. The molecule has 0 aromatic heterocycles. The van der Waals surface area contributed by atoms with Gasteiger partial charge in [0, 0.05) is 24.7 Å². The summed E-state index contributed by atoms with van der Waals surface area (Å²) in [5.74, 6) is -0.184. The fourth-order valence-corrected chi connectivity index (χ4v) is 3.50. The average molecular weight is 371 g/mol. The molecule has 1 atom stereocenters. The second kappa shape index (κ2) is 8.24. The first-order valence-corrected chi connectivity index (χ1v) is 9.25. The molecule has 3 rings (SSSR count). The van der Waals surface area contributed by atoms with E-state index in [1.807, 2.05) is 31.2 Å².